The van der Waals surface area contributed by atoms with E-state index >= 15 is 0 Å². The molecule has 0 bridgehead atoms. The summed E-state index contributed by atoms with van der Waals surface area (Å²) in [4.78, 5) is 0. The summed E-state index contributed by atoms with van der Waals surface area (Å²) < 4.78 is 4.70. The molecule has 0 saturated carbocycles. The van der Waals surface area contributed by atoms with E-state index in [0.717, 1.165) is 0 Å². The average Bonchev–Trinajstić information content (AvgIpc) is 1.91. The number of methoxy groups -OCH3 is 1. The van der Waals surface area contributed by atoms with Crippen LogP contribution in [0.5, 0.6) is 0 Å². The van der Waals surface area contributed by atoms with Gasteiger partial charge in [0.25, 0.3) is 0 Å². The van der Waals surface area contributed by atoms with E-state index in [-0.39, 0.29) is 19.6 Å². The number of aliphatic hydroxyl groups excluding tert-OH is 3. The maximum atomic E-state index is 9.06. The van der Waals surface area contributed by atoms with E-state index in [1.807, 2.05) is 0 Å². The van der Waals surface area contributed by atoms with Crippen molar-refractivity contribution in [3.05, 3.63) is 0 Å². The molecule has 0 fully saturated rings. The second kappa shape index (κ2) is 5.61. The van der Waals surface area contributed by atoms with Crippen LogP contribution in [0.2, 0.25) is 0 Å². The summed E-state index contributed by atoms with van der Waals surface area (Å²) in [5, 5.41) is 26.0. The van der Waals surface area contributed by atoms with E-state index in [9.17, 15) is 0 Å². The fraction of sp³-hybridized carbons (Fsp3) is 1.00. The predicted molar refractivity (Wildman–Crippen MR) is 35.6 cm³/mol. The predicted octanol–water partition coefficient (Wildman–Crippen LogP) is -1.26. The van der Waals surface area contributed by atoms with Gasteiger partial charge < -0.3 is 20.1 Å². The fourth-order valence-electron chi connectivity index (χ4n) is 0.671. The first-order chi connectivity index (χ1) is 4.76. The third-order valence-electron chi connectivity index (χ3n) is 1.34. The summed E-state index contributed by atoms with van der Waals surface area (Å²) in [7, 11) is 1.40. The Kier molecular flexibility index (Phi) is 5.52. The summed E-state index contributed by atoms with van der Waals surface area (Å²) in [5.74, 6) is 0. The molecule has 0 spiro atoms. The van der Waals surface area contributed by atoms with Gasteiger partial charge in [0, 0.05) is 13.7 Å². The smallest absolute Gasteiger partial charge is 0.106 e. The molecule has 0 radical (unpaired) electrons. The lowest BCUT2D eigenvalue weighted by Crippen LogP contribution is -2.32. The van der Waals surface area contributed by atoms with Crippen molar-refractivity contribution in [3.63, 3.8) is 0 Å². The third kappa shape index (κ3) is 3.12. The first-order valence-electron chi connectivity index (χ1n) is 3.18. The van der Waals surface area contributed by atoms with Crippen molar-refractivity contribution in [1.29, 1.82) is 0 Å². The zero-order valence-electron chi connectivity index (χ0n) is 6.03. The van der Waals surface area contributed by atoms with E-state index < -0.39 is 12.2 Å². The third-order valence-corrected chi connectivity index (χ3v) is 1.34. The van der Waals surface area contributed by atoms with Gasteiger partial charge in [-0.1, -0.05) is 0 Å². The molecule has 0 aromatic carbocycles. The van der Waals surface area contributed by atoms with Crippen molar-refractivity contribution in [1.82, 2.24) is 0 Å². The standard InChI is InChI=1S/C6H14O4/c1-10-6(4-8)5(9)2-3-7/h5-9H,2-4H2,1H3/t5-,6?/m0/s1. The number of hydrogen-bond donors (Lipinski definition) is 3. The van der Waals surface area contributed by atoms with E-state index in [1.165, 1.54) is 7.11 Å². The van der Waals surface area contributed by atoms with Crippen molar-refractivity contribution in [3.8, 4) is 0 Å². The molecule has 0 aromatic rings. The van der Waals surface area contributed by atoms with E-state index in [2.05, 4.69) is 0 Å². The quantitative estimate of drug-likeness (QED) is 0.457. The van der Waals surface area contributed by atoms with Gasteiger partial charge in [0.05, 0.1) is 12.7 Å². The Morgan fingerprint density at radius 3 is 2.30 bits per heavy atom. The summed E-state index contributed by atoms with van der Waals surface area (Å²) in [6, 6.07) is 0. The van der Waals surface area contributed by atoms with Crippen molar-refractivity contribution < 1.29 is 20.1 Å². The van der Waals surface area contributed by atoms with Crippen molar-refractivity contribution in [2.45, 2.75) is 18.6 Å². The van der Waals surface area contributed by atoms with E-state index in [0.29, 0.717) is 0 Å². The van der Waals surface area contributed by atoms with Crippen LogP contribution in [0, 0.1) is 0 Å². The lowest BCUT2D eigenvalue weighted by atomic mass is 10.1. The molecule has 0 aliphatic heterocycles. The van der Waals surface area contributed by atoms with Gasteiger partial charge in [0.2, 0.25) is 0 Å². The largest absolute Gasteiger partial charge is 0.396 e. The Bertz CT molecular complexity index is 72.1. The van der Waals surface area contributed by atoms with Gasteiger partial charge in [-0.25, -0.2) is 0 Å². The topological polar surface area (TPSA) is 69.9 Å². The van der Waals surface area contributed by atoms with Crippen LogP contribution in [0.25, 0.3) is 0 Å². The zero-order chi connectivity index (χ0) is 7.98. The average molecular weight is 150 g/mol. The minimum absolute atomic E-state index is 0.0962. The summed E-state index contributed by atoms with van der Waals surface area (Å²) in [6.45, 7) is -0.321. The summed E-state index contributed by atoms with van der Waals surface area (Å²) in [5.41, 5.74) is 0. The van der Waals surface area contributed by atoms with Gasteiger partial charge in [-0.05, 0) is 6.42 Å². The zero-order valence-corrected chi connectivity index (χ0v) is 6.03. The van der Waals surface area contributed by atoms with Crippen LogP contribution in [0.4, 0.5) is 0 Å². The van der Waals surface area contributed by atoms with E-state index in [1.54, 1.807) is 0 Å². The number of hydrogen-bond acceptors (Lipinski definition) is 4. The highest BCUT2D eigenvalue weighted by Crippen LogP contribution is 2.00. The molecule has 4 nitrogen and oxygen atoms in total. The molecule has 0 aliphatic carbocycles. The maximum Gasteiger partial charge on any atom is 0.106 e. The van der Waals surface area contributed by atoms with Crippen LogP contribution < -0.4 is 0 Å². The Morgan fingerprint density at radius 1 is 1.40 bits per heavy atom. The van der Waals surface area contributed by atoms with Gasteiger partial charge in [-0.15, -0.1) is 0 Å². The van der Waals surface area contributed by atoms with Gasteiger partial charge >= 0.3 is 0 Å². The Hall–Kier alpha value is -0.160. The molecule has 10 heavy (non-hydrogen) atoms. The molecule has 2 atom stereocenters. The van der Waals surface area contributed by atoms with Gasteiger partial charge in [0.1, 0.15) is 6.10 Å². The molecule has 4 heteroatoms. The molecule has 0 aromatic heterocycles. The minimum atomic E-state index is -0.778. The Labute approximate surface area is 60.1 Å². The highest BCUT2D eigenvalue weighted by atomic mass is 16.5. The number of rotatable bonds is 5. The van der Waals surface area contributed by atoms with Crippen LogP contribution in [-0.4, -0.2) is 47.9 Å². The lowest BCUT2D eigenvalue weighted by molar-refractivity contribution is -0.0485. The molecule has 0 saturated heterocycles. The minimum Gasteiger partial charge on any atom is -0.396 e. The molecule has 62 valence electrons. The second-order valence-electron chi connectivity index (χ2n) is 2.04. The van der Waals surface area contributed by atoms with Crippen LogP contribution >= 0.6 is 0 Å². The van der Waals surface area contributed by atoms with Crippen molar-refractivity contribution in [2.75, 3.05) is 20.3 Å². The molecule has 0 rings (SSSR count). The number of aliphatic hydroxyl groups is 3. The number of ether oxygens (including phenoxy) is 1. The van der Waals surface area contributed by atoms with Crippen molar-refractivity contribution in [2.24, 2.45) is 0 Å². The molecular weight excluding hydrogens is 136 g/mol. The van der Waals surface area contributed by atoms with Crippen LogP contribution in [-0.2, 0) is 4.74 Å². The molecular formula is C6H14O4. The van der Waals surface area contributed by atoms with E-state index in [4.69, 9.17) is 20.1 Å². The maximum absolute atomic E-state index is 9.06. The highest BCUT2D eigenvalue weighted by Gasteiger charge is 2.16. The SMILES string of the molecule is COC(CO)[C@@H](O)CCO. The highest BCUT2D eigenvalue weighted by molar-refractivity contribution is 4.66. The molecule has 1 unspecified atom stereocenters. The molecule has 3 N–H and O–H groups in total. The fourth-order valence-corrected chi connectivity index (χ4v) is 0.671. The van der Waals surface area contributed by atoms with Gasteiger partial charge in [0.15, 0.2) is 0 Å². The van der Waals surface area contributed by atoms with Crippen molar-refractivity contribution >= 4 is 0 Å². The van der Waals surface area contributed by atoms with Gasteiger partial charge in [-0.3, -0.25) is 0 Å². The van der Waals surface area contributed by atoms with Crippen LogP contribution in [0.3, 0.4) is 0 Å². The molecule has 0 amide bonds. The molecule has 0 aliphatic rings. The Morgan fingerprint density at radius 2 is 2.00 bits per heavy atom. The van der Waals surface area contributed by atoms with Crippen LogP contribution in [0.1, 0.15) is 6.42 Å². The molecule has 0 heterocycles. The van der Waals surface area contributed by atoms with Crippen LogP contribution in [0.15, 0.2) is 0 Å². The lowest BCUT2D eigenvalue weighted by Gasteiger charge is -2.17. The monoisotopic (exact) mass is 150 g/mol. The first kappa shape index (κ1) is 9.84. The second-order valence-corrected chi connectivity index (χ2v) is 2.04. The first-order valence-corrected chi connectivity index (χ1v) is 3.18. The Balaban J connectivity index is 3.53. The summed E-state index contributed by atoms with van der Waals surface area (Å²) >= 11 is 0. The summed E-state index contributed by atoms with van der Waals surface area (Å²) in [6.07, 6.45) is -1.12. The normalized spacial score (nSPS) is 16.8. The van der Waals surface area contributed by atoms with Gasteiger partial charge in [-0.2, -0.15) is 0 Å².